The Labute approximate surface area is 79.7 Å². The number of fused-ring (bicyclic) bond motifs is 2. The van der Waals surface area contributed by atoms with Crippen LogP contribution in [0.15, 0.2) is 0 Å². The van der Waals surface area contributed by atoms with E-state index in [1.165, 1.54) is 13.5 Å². The molecule has 0 aromatic heterocycles. The monoisotopic (exact) mass is 182 g/mol. The summed E-state index contributed by atoms with van der Waals surface area (Å²) in [4.78, 5) is 11.4. The van der Waals surface area contributed by atoms with Crippen LogP contribution in [0.3, 0.4) is 0 Å². The Balaban J connectivity index is 2.10. The summed E-state index contributed by atoms with van der Waals surface area (Å²) in [6, 6.07) is 0. The topological polar surface area (TPSA) is 26.3 Å². The third kappa shape index (κ3) is 1.18. The molecule has 5 atom stereocenters. The summed E-state index contributed by atoms with van der Waals surface area (Å²) >= 11 is 0. The number of carbonyl (C=O) groups is 1. The maximum Gasteiger partial charge on any atom is 0.308 e. The van der Waals surface area contributed by atoms with Crippen molar-refractivity contribution in [1.29, 1.82) is 0 Å². The van der Waals surface area contributed by atoms with Crippen LogP contribution in [0, 0.1) is 29.6 Å². The Kier molecular flexibility index (Phi) is 2.09. The molecule has 0 saturated heterocycles. The smallest absolute Gasteiger partial charge is 0.308 e. The maximum atomic E-state index is 11.4. The molecule has 0 aromatic rings. The fourth-order valence-electron chi connectivity index (χ4n) is 3.36. The van der Waals surface area contributed by atoms with Gasteiger partial charge < -0.3 is 4.74 Å². The number of esters is 1. The number of rotatable bonds is 1. The van der Waals surface area contributed by atoms with E-state index in [1.54, 1.807) is 0 Å². The van der Waals surface area contributed by atoms with E-state index in [0.717, 1.165) is 18.3 Å². The van der Waals surface area contributed by atoms with Gasteiger partial charge in [0.25, 0.3) is 0 Å². The third-order valence-electron chi connectivity index (χ3n) is 4.40. The molecule has 2 aliphatic carbocycles. The quantitative estimate of drug-likeness (QED) is 0.580. The van der Waals surface area contributed by atoms with Gasteiger partial charge in [0.1, 0.15) is 0 Å². The van der Waals surface area contributed by atoms with E-state index in [4.69, 9.17) is 4.74 Å². The van der Waals surface area contributed by atoms with E-state index in [0.29, 0.717) is 11.8 Å². The van der Waals surface area contributed by atoms with Crippen molar-refractivity contribution in [3.63, 3.8) is 0 Å². The van der Waals surface area contributed by atoms with Gasteiger partial charge in [-0.15, -0.1) is 0 Å². The molecule has 5 unspecified atom stereocenters. The van der Waals surface area contributed by atoms with Crippen LogP contribution in [0.2, 0.25) is 0 Å². The number of carbonyl (C=O) groups excluding carboxylic acids is 1. The van der Waals surface area contributed by atoms with Crippen molar-refractivity contribution in [3.8, 4) is 0 Å². The Morgan fingerprint density at radius 2 is 1.92 bits per heavy atom. The zero-order valence-corrected chi connectivity index (χ0v) is 8.62. The second-order valence-corrected chi connectivity index (χ2v) is 4.74. The molecule has 2 nitrogen and oxygen atoms in total. The second-order valence-electron chi connectivity index (χ2n) is 4.74. The lowest BCUT2D eigenvalue weighted by molar-refractivity contribution is -0.148. The van der Waals surface area contributed by atoms with Crippen LogP contribution in [0.1, 0.15) is 26.7 Å². The fourth-order valence-corrected chi connectivity index (χ4v) is 3.36. The normalized spacial score (nSPS) is 48.1. The molecule has 13 heavy (non-hydrogen) atoms. The molecule has 0 aromatic carbocycles. The lowest BCUT2D eigenvalue weighted by Gasteiger charge is -2.29. The van der Waals surface area contributed by atoms with E-state index < -0.39 is 0 Å². The molecule has 2 saturated carbocycles. The van der Waals surface area contributed by atoms with Gasteiger partial charge in [0.05, 0.1) is 13.0 Å². The van der Waals surface area contributed by atoms with E-state index in [2.05, 4.69) is 13.8 Å². The van der Waals surface area contributed by atoms with E-state index in [1.807, 2.05) is 0 Å². The zero-order chi connectivity index (χ0) is 9.59. The van der Waals surface area contributed by atoms with Crippen molar-refractivity contribution < 1.29 is 9.53 Å². The van der Waals surface area contributed by atoms with Crippen LogP contribution < -0.4 is 0 Å². The Hall–Kier alpha value is -0.530. The van der Waals surface area contributed by atoms with Crippen LogP contribution in [-0.2, 0) is 9.53 Å². The van der Waals surface area contributed by atoms with Crippen molar-refractivity contribution in [1.82, 2.24) is 0 Å². The van der Waals surface area contributed by atoms with E-state index >= 15 is 0 Å². The second kappa shape index (κ2) is 3.00. The molecule has 0 N–H and O–H groups in total. The lowest BCUT2D eigenvalue weighted by Crippen LogP contribution is -2.30. The first-order chi connectivity index (χ1) is 6.15. The highest BCUT2D eigenvalue weighted by atomic mass is 16.5. The highest BCUT2D eigenvalue weighted by molar-refractivity contribution is 5.73. The summed E-state index contributed by atoms with van der Waals surface area (Å²) in [5.74, 6) is 3.14. The van der Waals surface area contributed by atoms with Crippen molar-refractivity contribution >= 4 is 5.97 Å². The minimum Gasteiger partial charge on any atom is -0.469 e. The van der Waals surface area contributed by atoms with Crippen molar-refractivity contribution in [2.24, 2.45) is 29.6 Å². The number of hydrogen-bond donors (Lipinski definition) is 0. The molecule has 0 heterocycles. The van der Waals surface area contributed by atoms with E-state index in [9.17, 15) is 4.79 Å². The van der Waals surface area contributed by atoms with Gasteiger partial charge in [-0.05, 0) is 36.5 Å². The summed E-state index contributed by atoms with van der Waals surface area (Å²) < 4.78 is 4.83. The van der Waals surface area contributed by atoms with Crippen LogP contribution in [0.4, 0.5) is 0 Å². The molecule has 0 spiro atoms. The first-order valence-corrected chi connectivity index (χ1v) is 5.23. The molecule has 74 valence electrons. The predicted molar refractivity (Wildman–Crippen MR) is 50.0 cm³/mol. The van der Waals surface area contributed by atoms with Crippen LogP contribution in [0.5, 0.6) is 0 Å². The third-order valence-corrected chi connectivity index (χ3v) is 4.40. The van der Waals surface area contributed by atoms with Crippen molar-refractivity contribution in [2.75, 3.05) is 7.11 Å². The largest absolute Gasteiger partial charge is 0.469 e. The standard InChI is InChI=1S/C11H18O2/c1-6-7(2)9-4-8(6)5-10(9)11(12)13-3/h6-10H,4-5H2,1-3H3. The highest BCUT2D eigenvalue weighted by Crippen LogP contribution is 2.55. The number of hydrogen-bond acceptors (Lipinski definition) is 2. The van der Waals surface area contributed by atoms with Crippen molar-refractivity contribution in [3.05, 3.63) is 0 Å². The van der Waals surface area contributed by atoms with Crippen LogP contribution in [0.25, 0.3) is 0 Å². The number of ether oxygens (including phenoxy) is 1. The molecular formula is C11H18O2. The molecule has 2 rings (SSSR count). The van der Waals surface area contributed by atoms with Gasteiger partial charge in [-0.25, -0.2) is 0 Å². The first kappa shape index (κ1) is 9.04. The molecule has 2 heteroatoms. The molecule has 0 radical (unpaired) electrons. The van der Waals surface area contributed by atoms with Gasteiger partial charge in [0, 0.05) is 0 Å². The highest BCUT2D eigenvalue weighted by Gasteiger charge is 2.51. The van der Waals surface area contributed by atoms with Gasteiger partial charge in [-0.1, -0.05) is 13.8 Å². The van der Waals surface area contributed by atoms with Gasteiger partial charge in [-0.2, -0.15) is 0 Å². The molecule has 2 bridgehead atoms. The molecule has 0 amide bonds. The Bertz CT molecular complexity index is 222. The average molecular weight is 182 g/mol. The van der Waals surface area contributed by atoms with Gasteiger partial charge in [0.2, 0.25) is 0 Å². The maximum absolute atomic E-state index is 11.4. The average Bonchev–Trinajstić information content (AvgIpc) is 2.67. The zero-order valence-electron chi connectivity index (χ0n) is 8.62. The van der Waals surface area contributed by atoms with Crippen LogP contribution >= 0.6 is 0 Å². The van der Waals surface area contributed by atoms with Crippen molar-refractivity contribution in [2.45, 2.75) is 26.7 Å². The molecule has 2 fully saturated rings. The Morgan fingerprint density at radius 1 is 1.23 bits per heavy atom. The minimum absolute atomic E-state index is 0.0197. The number of methoxy groups -OCH3 is 1. The summed E-state index contributed by atoms with van der Waals surface area (Å²) in [5, 5.41) is 0. The van der Waals surface area contributed by atoms with Gasteiger partial charge in [-0.3, -0.25) is 4.79 Å². The molecule has 2 aliphatic rings. The first-order valence-electron chi connectivity index (χ1n) is 5.23. The molecular weight excluding hydrogens is 164 g/mol. The van der Waals surface area contributed by atoms with Crippen LogP contribution in [-0.4, -0.2) is 13.1 Å². The predicted octanol–water partition coefficient (Wildman–Crippen LogP) is 2.09. The van der Waals surface area contributed by atoms with Gasteiger partial charge >= 0.3 is 5.97 Å². The summed E-state index contributed by atoms with van der Waals surface area (Å²) in [6.45, 7) is 4.60. The summed E-state index contributed by atoms with van der Waals surface area (Å²) in [7, 11) is 1.50. The SMILES string of the molecule is COC(=O)C1CC2CC1C(C)C2C. The fraction of sp³-hybridized carbons (Fsp3) is 0.909. The molecule has 0 aliphatic heterocycles. The minimum atomic E-state index is 0.0197. The van der Waals surface area contributed by atoms with E-state index in [-0.39, 0.29) is 11.9 Å². The van der Waals surface area contributed by atoms with Gasteiger partial charge in [0.15, 0.2) is 0 Å². The summed E-state index contributed by atoms with van der Waals surface area (Å²) in [6.07, 6.45) is 2.32. The lowest BCUT2D eigenvalue weighted by atomic mass is 9.76. The summed E-state index contributed by atoms with van der Waals surface area (Å²) in [5.41, 5.74) is 0. The Morgan fingerprint density at radius 3 is 2.38 bits per heavy atom.